The second kappa shape index (κ2) is 6.02. The van der Waals surface area contributed by atoms with Gasteiger partial charge in [-0.3, -0.25) is 4.98 Å². The SMILES string of the molecule is COc1cc2cncc(Cc3cccc(F)c3)c2cc1OC. The average Bonchev–Trinajstić information content (AvgIpc) is 2.54. The van der Waals surface area contributed by atoms with Crippen molar-refractivity contribution in [2.24, 2.45) is 0 Å². The van der Waals surface area contributed by atoms with E-state index in [0.29, 0.717) is 17.9 Å². The van der Waals surface area contributed by atoms with Crippen LogP contribution in [0.3, 0.4) is 0 Å². The van der Waals surface area contributed by atoms with Gasteiger partial charge in [0, 0.05) is 17.8 Å². The van der Waals surface area contributed by atoms with Crippen LogP contribution in [0.25, 0.3) is 10.8 Å². The Morgan fingerprint density at radius 3 is 2.50 bits per heavy atom. The van der Waals surface area contributed by atoms with Crippen molar-refractivity contribution in [1.29, 1.82) is 0 Å². The molecule has 0 saturated heterocycles. The van der Waals surface area contributed by atoms with E-state index in [1.807, 2.05) is 18.2 Å². The van der Waals surface area contributed by atoms with Crippen LogP contribution in [0.2, 0.25) is 0 Å². The Bertz CT molecular complexity index is 817. The van der Waals surface area contributed by atoms with Crippen LogP contribution in [-0.2, 0) is 6.42 Å². The zero-order chi connectivity index (χ0) is 15.5. The molecule has 0 unspecified atom stereocenters. The van der Waals surface area contributed by atoms with Crippen LogP contribution in [0, 0.1) is 5.82 Å². The first-order chi connectivity index (χ1) is 10.7. The Morgan fingerprint density at radius 2 is 1.77 bits per heavy atom. The fourth-order valence-electron chi connectivity index (χ4n) is 2.56. The molecule has 0 aliphatic carbocycles. The third kappa shape index (κ3) is 2.72. The molecule has 0 saturated carbocycles. The first kappa shape index (κ1) is 14.3. The maximum absolute atomic E-state index is 13.3. The lowest BCUT2D eigenvalue weighted by Crippen LogP contribution is -1.95. The van der Waals surface area contributed by atoms with E-state index in [1.54, 1.807) is 38.7 Å². The van der Waals surface area contributed by atoms with Gasteiger partial charge < -0.3 is 9.47 Å². The minimum atomic E-state index is -0.232. The summed E-state index contributed by atoms with van der Waals surface area (Å²) >= 11 is 0. The maximum atomic E-state index is 13.3. The number of hydrogen-bond donors (Lipinski definition) is 0. The van der Waals surface area contributed by atoms with Crippen LogP contribution < -0.4 is 9.47 Å². The molecule has 0 spiro atoms. The van der Waals surface area contributed by atoms with Crippen molar-refractivity contribution in [2.45, 2.75) is 6.42 Å². The largest absolute Gasteiger partial charge is 0.493 e. The molecule has 0 N–H and O–H groups in total. The Labute approximate surface area is 128 Å². The quantitative estimate of drug-likeness (QED) is 0.730. The molecule has 0 radical (unpaired) electrons. The third-order valence-corrected chi connectivity index (χ3v) is 3.63. The highest BCUT2D eigenvalue weighted by atomic mass is 19.1. The normalized spacial score (nSPS) is 10.7. The summed E-state index contributed by atoms with van der Waals surface area (Å²) in [5.41, 5.74) is 1.92. The first-order valence-electron chi connectivity index (χ1n) is 6.94. The number of halogens is 1. The number of benzene rings is 2. The van der Waals surface area contributed by atoms with Gasteiger partial charge in [-0.05, 0) is 47.2 Å². The van der Waals surface area contributed by atoms with Gasteiger partial charge in [-0.15, -0.1) is 0 Å². The van der Waals surface area contributed by atoms with E-state index < -0.39 is 0 Å². The Balaban J connectivity index is 2.09. The van der Waals surface area contributed by atoms with E-state index in [0.717, 1.165) is 21.9 Å². The first-order valence-corrected chi connectivity index (χ1v) is 6.94. The zero-order valence-electron chi connectivity index (χ0n) is 12.5. The van der Waals surface area contributed by atoms with E-state index in [4.69, 9.17) is 9.47 Å². The summed E-state index contributed by atoms with van der Waals surface area (Å²) in [5.74, 6) is 1.10. The predicted molar refractivity (Wildman–Crippen MR) is 84.1 cm³/mol. The molecule has 1 heterocycles. The molecule has 0 amide bonds. The molecule has 4 heteroatoms. The monoisotopic (exact) mass is 297 g/mol. The molecule has 22 heavy (non-hydrogen) atoms. The molecule has 0 fully saturated rings. The summed E-state index contributed by atoms with van der Waals surface area (Å²) in [6.07, 6.45) is 4.20. The Hall–Kier alpha value is -2.62. The summed E-state index contributed by atoms with van der Waals surface area (Å²) in [7, 11) is 3.21. The van der Waals surface area contributed by atoms with Gasteiger partial charge in [0.15, 0.2) is 11.5 Å². The molecular formula is C18H16FNO2. The minimum Gasteiger partial charge on any atom is -0.493 e. The third-order valence-electron chi connectivity index (χ3n) is 3.63. The van der Waals surface area contributed by atoms with Gasteiger partial charge in [0.1, 0.15) is 5.82 Å². The topological polar surface area (TPSA) is 31.4 Å². The number of aromatic nitrogens is 1. The molecule has 112 valence electrons. The van der Waals surface area contributed by atoms with Crippen LogP contribution in [0.1, 0.15) is 11.1 Å². The van der Waals surface area contributed by atoms with Gasteiger partial charge in [-0.1, -0.05) is 12.1 Å². The molecule has 3 rings (SSSR count). The summed E-state index contributed by atoms with van der Waals surface area (Å²) in [6, 6.07) is 10.4. The molecule has 1 aromatic heterocycles. The fourth-order valence-corrected chi connectivity index (χ4v) is 2.56. The van der Waals surface area contributed by atoms with Gasteiger partial charge in [0.25, 0.3) is 0 Å². The lowest BCUT2D eigenvalue weighted by Gasteiger charge is -2.12. The molecule has 0 aliphatic heterocycles. The summed E-state index contributed by atoms with van der Waals surface area (Å²) in [5, 5.41) is 1.99. The van der Waals surface area contributed by atoms with Crippen LogP contribution >= 0.6 is 0 Å². The summed E-state index contributed by atoms with van der Waals surface area (Å²) in [4.78, 5) is 4.27. The molecule has 2 aromatic carbocycles. The summed E-state index contributed by atoms with van der Waals surface area (Å²) in [6.45, 7) is 0. The second-order valence-corrected chi connectivity index (χ2v) is 5.03. The zero-order valence-corrected chi connectivity index (χ0v) is 12.5. The van der Waals surface area contributed by atoms with Crippen LogP contribution in [0.5, 0.6) is 11.5 Å². The van der Waals surface area contributed by atoms with Crippen LogP contribution in [-0.4, -0.2) is 19.2 Å². The molecule has 3 nitrogen and oxygen atoms in total. The standard InChI is InChI=1S/C18H16FNO2/c1-21-17-8-14-11-20-10-13(16(14)9-18(17)22-2)6-12-4-3-5-15(19)7-12/h3-5,7-11H,6H2,1-2H3. The molecular weight excluding hydrogens is 281 g/mol. The van der Waals surface area contributed by atoms with Gasteiger partial charge in [-0.2, -0.15) is 0 Å². The molecule has 0 atom stereocenters. The van der Waals surface area contributed by atoms with Crippen LogP contribution in [0.15, 0.2) is 48.8 Å². The number of fused-ring (bicyclic) bond motifs is 1. The highest BCUT2D eigenvalue weighted by Crippen LogP contribution is 2.33. The van der Waals surface area contributed by atoms with Crippen molar-refractivity contribution in [2.75, 3.05) is 14.2 Å². The van der Waals surface area contributed by atoms with E-state index in [-0.39, 0.29) is 5.82 Å². The Kier molecular flexibility index (Phi) is 3.92. The molecule has 3 aromatic rings. The van der Waals surface area contributed by atoms with Crippen molar-refractivity contribution in [3.8, 4) is 11.5 Å². The van der Waals surface area contributed by atoms with E-state index in [2.05, 4.69) is 4.98 Å². The lowest BCUT2D eigenvalue weighted by atomic mass is 10.0. The van der Waals surface area contributed by atoms with Crippen molar-refractivity contribution in [1.82, 2.24) is 4.98 Å². The van der Waals surface area contributed by atoms with E-state index in [1.165, 1.54) is 6.07 Å². The van der Waals surface area contributed by atoms with Crippen molar-refractivity contribution in [3.05, 3.63) is 65.7 Å². The average molecular weight is 297 g/mol. The molecule has 0 aliphatic rings. The Morgan fingerprint density at radius 1 is 1.00 bits per heavy atom. The fraction of sp³-hybridized carbons (Fsp3) is 0.167. The smallest absolute Gasteiger partial charge is 0.161 e. The molecule has 0 bridgehead atoms. The van der Waals surface area contributed by atoms with Crippen molar-refractivity contribution < 1.29 is 13.9 Å². The van der Waals surface area contributed by atoms with Gasteiger partial charge >= 0.3 is 0 Å². The maximum Gasteiger partial charge on any atom is 0.161 e. The number of pyridine rings is 1. The van der Waals surface area contributed by atoms with E-state index in [9.17, 15) is 4.39 Å². The minimum absolute atomic E-state index is 0.232. The number of methoxy groups -OCH3 is 2. The predicted octanol–water partition coefficient (Wildman–Crippen LogP) is 3.98. The van der Waals surface area contributed by atoms with Gasteiger partial charge in [-0.25, -0.2) is 4.39 Å². The van der Waals surface area contributed by atoms with Crippen LogP contribution in [0.4, 0.5) is 4.39 Å². The number of rotatable bonds is 4. The van der Waals surface area contributed by atoms with Crippen molar-refractivity contribution in [3.63, 3.8) is 0 Å². The van der Waals surface area contributed by atoms with Gasteiger partial charge in [0.2, 0.25) is 0 Å². The lowest BCUT2D eigenvalue weighted by molar-refractivity contribution is 0.356. The number of ether oxygens (including phenoxy) is 2. The highest BCUT2D eigenvalue weighted by molar-refractivity contribution is 5.88. The van der Waals surface area contributed by atoms with Crippen molar-refractivity contribution >= 4 is 10.8 Å². The summed E-state index contributed by atoms with van der Waals surface area (Å²) < 4.78 is 24.0. The van der Waals surface area contributed by atoms with E-state index >= 15 is 0 Å². The second-order valence-electron chi connectivity index (χ2n) is 5.03. The number of nitrogens with zero attached hydrogens (tertiary/aromatic N) is 1. The number of hydrogen-bond acceptors (Lipinski definition) is 3. The highest BCUT2D eigenvalue weighted by Gasteiger charge is 2.10. The van der Waals surface area contributed by atoms with Gasteiger partial charge in [0.05, 0.1) is 14.2 Å².